The van der Waals surface area contributed by atoms with E-state index >= 15 is 0 Å². The third-order valence-electron chi connectivity index (χ3n) is 4.55. The Bertz CT molecular complexity index is 434. The van der Waals surface area contributed by atoms with Crippen molar-refractivity contribution in [3.8, 4) is 5.75 Å². The summed E-state index contributed by atoms with van der Waals surface area (Å²) in [6.45, 7) is 3.92. The summed E-state index contributed by atoms with van der Waals surface area (Å²) in [6, 6.07) is 8.43. The minimum absolute atomic E-state index is 0.269. The number of benzene rings is 1. The van der Waals surface area contributed by atoms with E-state index in [-0.39, 0.29) is 5.41 Å². The van der Waals surface area contributed by atoms with Crippen LogP contribution in [0.1, 0.15) is 31.2 Å². The Morgan fingerprint density at radius 2 is 2.22 bits per heavy atom. The second kappa shape index (κ2) is 4.86. The lowest BCUT2D eigenvalue weighted by Gasteiger charge is -2.32. The van der Waals surface area contributed by atoms with Gasteiger partial charge in [-0.05, 0) is 25.8 Å². The maximum Gasteiger partial charge on any atom is 0.122 e. The van der Waals surface area contributed by atoms with Gasteiger partial charge >= 0.3 is 0 Å². The third kappa shape index (κ3) is 1.97. The third-order valence-corrected chi connectivity index (χ3v) is 5.66. The minimum atomic E-state index is 0.269. The molecule has 1 aromatic carbocycles. The van der Waals surface area contributed by atoms with Crippen LogP contribution < -0.4 is 4.74 Å². The average molecular weight is 311 g/mol. The summed E-state index contributed by atoms with van der Waals surface area (Å²) in [5.41, 5.74) is 1.64. The number of alkyl halides is 1. The highest BCUT2D eigenvalue weighted by Gasteiger charge is 2.43. The zero-order valence-corrected chi connectivity index (χ0v) is 12.3. The molecule has 3 heteroatoms. The second-order valence-corrected chi connectivity index (χ2v) is 6.07. The second-order valence-electron chi connectivity index (χ2n) is 5.51. The number of para-hydroxylation sites is 1. The molecule has 1 fully saturated rings. The van der Waals surface area contributed by atoms with Gasteiger partial charge in [-0.25, -0.2) is 0 Å². The van der Waals surface area contributed by atoms with Gasteiger partial charge in [-0.2, -0.15) is 0 Å². The monoisotopic (exact) mass is 310 g/mol. The van der Waals surface area contributed by atoms with Gasteiger partial charge in [-0.15, -0.1) is 0 Å². The van der Waals surface area contributed by atoms with Crippen LogP contribution in [-0.4, -0.2) is 24.6 Å². The molecule has 1 aromatic rings. The predicted octanol–water partition coefficient (Wildman–Crippen LogP) is 3.74. The highest BCUT2D eigenvalue weighted by molar-refractivity contribution is 9.09. The lowest BCUT2D eigenvalue weighted by Crippen LogP contribution is -2.32. The predicted molar refractivity (Wildman–Crippen MR) is 75.6 cm³/mol. The molecule has 3 atom stereocenters. The van der Waals surface area contributed by atoms with Gasteiger partial charge in [0.1, 0.15) is 5.75 Å². The summed E-state index contributed by atoms with van der Waals surface area (Å²) in [4.78, 5) is 0. The lowest BCUT2D eigenvalue weighted by molar-refractivity contribution is 0.0659. The van der Waals surface area contributed by atoms with Crippen LogP contribution in [0.3, 0.4) is 0 Å². The van der Waals surface area contributed by atoms with E-state index in [1.54, 1.807) is 0 Å². The average Bonchev–Trinajstić information content (AvgIpc) is 2.96. The van der Waals surface area contributed by atoms with E-state index in [1.165, 1.54) is 5.56 Å². The van der Waals surface area contributed by atoms with Crippen LogP contribution in [0.25, 0.3) is 0 Å². The number of halogens is 1. The van der Waals surface area contributed by atoms with Crippen molar-refractivity contribution in [2.75, 3.05) is 18.5 Å². The van der Waals surface area contributed by atoms with E-state index in [0.717, 1.165) is 37.1 Å². The van der Waals surface area contributed by atoms with E-state index in [4.69, 9.17) is 9.47 Å². The van der Waals surface area contributed by atoms with Crippen LogP contribution in [0.4, 0.5) is 0 Å². The first-order chi connectivity index (χ1) is 8.75. The molecule has 0 bridgehead atoms. The Morgan fingerprint density at radius 3 is 2.94 bits per heavy atom. The van der Waals surface area contributed by atoms with Crippen LogP contribution in [0.15, 0.2) is 24.3 Å². The van der Waals surface area contributed by atoms with E-state index in [0.29, 0.717) is 12.0 Å². The summed E-state index contributed by atoms with van der Waals surface area (Å²) >= 11 is 3.70. The first-order valence-electron chi connectivity index (χ1n) is 6.64. The highest BCUT2D eigenvalue weighted by Crippen LogP contribution is 2.47. The van der Waals surface area contributed by atoms with Gasteiger partial charge < -0.3 is 9.47 Å². The molecule has 1 saturated heterocycles. The number of hydrogen-bond donors (Lipinski definition) is 0. The van der Waals surface area contributed by atoms with Gasteiger partial charge in [-0.1, -0.05) is 34.1 Å². The molecular weight excluding hydrogens is 292 g/mol. The molecule has 3 rings (SSSR count). The molecule has 2 aliphatic heterocycles. The van der Waals surface area contributed by atoms with Crippen LogP contribution >= 0.6 is 15.9 Å². The largest absolute Gasteiger partial charge is 0.493 e. The van der Waals surface area contributed by atoms with E-state index in [1.807, 2.05) is 6.07 Å². The fraction of sp³-hybridized carbons (Fsp3) is 0.600. The first kappa shape index (κ1) is 12.5. The topological polar surface area (TPSA) is 18.5 Å². The Kier molecular flexibility index (Phi) is 3.37. The molecule has 98 valence electrons. The van der Waals surface area contributed by atoms with Gasteiger partial charge in [0.05, 0.1) is 12.7 Å². The van der Waals surface area contributed by atoms with Gasteiger partial charge in [0.25, 0.3) is 0 Å². The quantitative estimate of drug-likeness (QED) is 0.792. The standard InChI is InChI=1S/C15H19BrO2/c1-11-15(10-16,6-7-17-11)8-12-9-18-14-5-3-2-4-13(12)14/h2-5,11-12H,6-10H2,1H3. The molecule has 2 aliphatic rings. The maximum atomic E-state index is 5.79. The van der Waals surface area contributed by atoms with Crippen LogP contribution in [0.5, 0.6) is 5.75 Å². The van der Waals surface area contributed by atoms with Crippen LogP contribution in [0.2, 0.25) is 0 Å². The number of fused-ring (bicyclic) bond motifs is 1. The smallest absolute Gasteiger partial charge is 0.122 e. The Morgan fingerprint density at radius 1 is 1.39 bits per heavy atom. The normalized spacial score (nSPS) is 34.3. The molecule has 0 amide bonds. The van der Waals surface area contributed by atoms with Crippen molar-refractivity contribution in [3.63, 3.8) is 0 Å². The van der Waals surface area contributed by atoms with Crippen molar-refractivity contribution in [1.82, 2.24) is 0 Å². The van der Waals surface area contributed by atoms with Crippen molar-refractivity contribution in [3.05, 3.63) is 29.8 Å². The number of hydrogen-bond acceptors (Lipinski definition) is 2. The number of rotatable bonds is 3. The van der Waals surface area contributed by atoms with Gasteiger partial charge in [0.15, 0.2) is 0 Å². The molecule has 3 unspecified atom stereocenters. The molecular formula is C15H19BrO2. The van der Waals surface area contributed by atoms with E-state index in [2.05, 4.69) is 41.1 Å². The zero-order chi connectivity index (χ0) is 12.6. The molecule has 0 saturated carbocycles. The van der Waals surface area contributed by atoms with E-state index in [9.17, 15) is 0 Å². The van der Waals surface area contributed by atoms with Crippen molar-refractivity contribution in [2.24, 2.45) is 5.41 Å². The summed E-state index contributed by atoms with van der Waals surface area (Å²) in [5, 5.41) is 1.01. The molecule has 0 aliphatic carbocycles. The molecule has 0 radical (unpaired) electrons. The van der Waals surface area contributed by atoms with Gasteiger partial charge in [0.2, 0.25) is 0 Å². The Labute approximate surface area is 117 Å². The summed E-state index contributed by atoms with van der Waals surface area (Å²) < 4.78 is 11.6. The summed E-state index contributed by atoms with van der Waals surface area (Å²) in [6.07, 6.45) is 2.64. The molecule has 0 N–H and O–H groups in total. The van der Waals surface area contributed by atoms with Crippen molar-refractivity contribution in [2.45, 2.75) is 31.8 Å². The fourth-order valence-corrected chi connectivity index (χ4v) is 4.17. The highest BCUT2D eigenvalue weighted by atomic mass is 79.9. The first-order valence-corrected chi connectivity index (χ1v) is 7.77. The maximum absolute atomic E-state index is 5.79. The van der Waals surface area contributed by atoms with Gasteiger partial charge in [0, 0.05) is 28.8 Å². The molecule has 2 nitrogen and oxygen atoms in total. The van der Waals surface area contributed by atoms with Crippen molar-refractivity contribution >= 4 is 15.9 Å². The molecule has 18 heavy (non-hydrogen) atoms. The lowest BCUT2D eigenvalue weighted by atomic mass is 9.75. The SMILES string of the molecule is CC1OCCC1(CBr)CC1COc2ccccc21. The molecule has 0 spiro atoms. The Balaban J connectivity index is 1.81. The van der Waals surface area contributed by atoms with Crippen molar-refractivity contribution < 1.29 is 9.47 Å². The summed E-state index contributed by atoms with van der Waals surface area (Å²) in [5.74, 6) is 1.58. The molecule has 2 heterocycles. The van der Waals surface area contributed by atoms with Crippen molar-refractivity contribution in [1.29, 1.82) is 0 Å². The zero-order valence-electron chi connectivity index (χ0n) is 10.7. The Hall–Kier alpha value is -0.540. The van der Waals surface area contributed by atoms with Crippen LogP contribution in [-0.2, 0) is 4.74 Å². The summed E-state index contributed by atoms with van der Waals surface area (Å²) in [7, 11) is 0. The molecule has 0 aromatic heterocycles. The number of ether oxygens (including phenoxy) is 2. The minimum Gasteiger partial charge on any atom is -0.493 e. The van der Waals surface area contributed by atoms with Crippen LogP contribution in [0, 0.1) is 5.41 Å². The van der Waals surface area contributed by atoms with Gasteiger partial charge in [-0.3, -0.25) is 0 Å². The fourth-order valence-electron chi connectivity index (χ4n) is 3.21. The van der Waals surface area contributed by atoms with E-state index < -0.39 is 0 Å².